The number of halogens is 3. The first-order valence-electron chi connectivity index (χ1n) is 15.5. The molecule has 1 saturated heterocycles. The summed E-state index contributed by atoms with van der Waals surface area (Å²) in [5, 5.41) is 13.3. The van der Waals surface area contributed by atoms with Gasteiger partial charge in [0.15, 0.2) is 0 Å². The van der Waals surface area contributed by atoms with Gasteiger partial charge in [-0.1, -0.05) is 24.3 Å². The third kappa shape index (κ3) is 9.35. The summed E-state index contributed by atoms with van der Waals surface area (Å²) in [5.74, 6) is -4.46. The summed E-state index contributed by atoms with van der Waals surface area (Å²) < 4.78 is 94.2. The zero-order chi connectivity index (χ0) is 40.0. The number of aliphatic carboxylic acids is 1. The van der Waals surface area contributed by atoms with E-state index in [1.165, 1.54) is 67.8 Å². The Morgan fingerprint density at radius 3 is 1.54 bits per heavy atom. The Balaban J connectivity index is 0.000000845. The van der Waals surface area contributed by atoms with E-state index >= 15 is 0 Å². The van der Waals surface area contributed by atoms with Crippen LogP contribution in [0.3, 0.4) is 0 Å². The van der Waals surface area contributed by atoms with Crippen molar-refractivity contribution in [1.82, 2.24) is 5.32 Å². The van der Waals surface area contributed by atoms with Crippen molar-refractivity contribution in [2.24, 2.45) is 11.5 Å². The van der Waals surface area contributed by atoms with Crippen LogP contribution in [-0.2, 0) is 39.2 Å². The molecule has 16 nitrogen and oxygen atoms in total. The number of fused-ring (bicyclic) bond motifs is 1. The average Bonchev–Trinajstić information content (AvgIpc) is 3.08. The van der Waals surface area contributed by atoms with Crippen LogP contribution in [0, 0.1) is 0 Å². The average molecular weight is 795 g/mol. The van der Waals surface area contributed by atoms with Gasteiger partial charge in [-0.05, 0) is 73.6 Å². The number of alkyl halides is 3. The molecule has 288 valence electrons. The minimum Gasteiger partial charge on any atom is -0.497 e. The van der Waals surface area contributed by atoms with Crippen LogP contribution in [0.2, 0.25) is 0 Å². The van der Waals surface area contributed by atoms with Crippen molar-refractivity contribution in [3.8, 4) is 5.75 Å². The molecule has 1 aliphatic rings. The van der Waals surface area contributed by atoms with Crippen molar-refractivity contribution in [2.45, 2.75) is 28.4 Å². The Labute approximate surface area is 306 Å². The second-order valence-electron chi connectivity index (χ2n) is 11.4. The number of nitrogens with one attached hydrogen (secondary N) is 2. The molecule has 4 aromatic carbocycles. The van der Waals surface area contributed by atoms with E-state index in [2.05, 4.69) is 10.6 Å². The van der Waals surface area contributed by atoms with Crippen LogP contribution in [0.5, 0.6) is 5.75 Å². The lowest BCUT2D eigenvalue weighted by atomic mass is 10.1. The van der Waals surface area contributed by atoms with Crippen LogP contribution >= 0.6 is 0 Å². The maximum Gasteiger partial charge on any atom is 0.490 e. The first-order chi connectivity index (χ1) is 25.3. The molecular formula is C33H33F3N6O10S2. The second-order valence-corrected chi connectivity index (χ2v) is 15.1. The number of amides is 3. The molecule has 7 N–H and O–H groups in total. The van der Waals surface area contributed by atoms with E-state index in [1.807, 2.05) is 0 Å². The molecule has 5 rings (SSSR count). The SMILES string of the molecule is COc1ccc(S(=O)(=O)N(CC(N)=O)c2ccc(N(CC(N)=O)S(=O)(=O)c3ccc(NC(=O)[C@H]4CCN4)cc3)c3ccccc23)cc1.O=C(O)C(F)(F)F. The van der Waals surface area contributed by atoms with Crippen molar-refractivity contribution in [2.75, 3.05) is 40.7 Å². The molecule has 0 saturated carbocycles. The maximum atomic E-state index is 14.0. The van der Waals surface area contributed by atoms with Gasteiger partial charge in [-0.25, -0.2) is 21.6 Å². The number of ether oxygens (including phenoxy) is 1. The molecule has 1 aliphatic heterocycles. The molecule has 0 aromatic heterocycles. The molecular weight excluding hydrogens is 762 g/mol. The molecule has 54 heavy (non-hydrogen) atoms. The molecule has 1 atom stereocenters. The lowest BCUT2D eigenvalue weighted by Gasteiger charge is -2.28. The van der Waals surface area contributed by atoms with E-state index in [1.54, 1.807) is 24.3 Å². The Bertz CT molecular complexity index is 2270. The number of hydrogen-bond donors (Lipinski definition) is 5. The molecule has 0 radical (unpaired) electrons. The number of carboxylic acids is 1. The summed E-state index contributed by atoms with van der Waals surface area (Å²) in [6.07, 6.45) is -4.39. The highest BCUT2D eigenvalue weighted by molar-refractivity contribution is 7.93. The number of benzene rings is 4. The lowest BCUT2D eigenvalue weighted by Crippen LogP contribution is -2.50. The number of carbonyl (C=O) groups excluding carboxylic acids is 3. The van der Waals surface area contributed by atoms with Crippen LogP contribution in [0.25, 0.3) is 10.8 Å². The van der Waals surface area contributed by atoms with Crippen molar-refractivity contribution in [3.05, 3.63) is 84.9 Å². The number of sulfonamides is 2. The Morgan fingerprint density at radius 1 is 0.796 bits per heavy atom. The fraction of sp³-hybridized carbons (Fsp3) is 0.212. The number of anilines is 3. The number of nitrogens with zero attached hydrogens (tertiary/aromatic N) is 2. The summed E-state index contributed by atoms with van der Waals surface area (Å²) in [4.78, 5) is 45.2. The monoisotopic (exact) mass is 794 g/mol. The van der Waals surface area contributed by atoms with Crippen LogP contribution in [0.4, 0.5) is 30.2 Å². The van der Waals surface area contributed by atoms with E-state index in [0.29, 0.717) is 17.9 Å². The Hall–Kier alpha value is -5.93. The standard InChI is InChI=1S/C31H32N6O8S2.C2HF3O2/c1-45-21-8-12-23(13-9-21)47(43,44)37(19-30(33)39)28-15-14-27(24-4-2-3-5-25(24)28)36(18-29(32)38)46(41,42)22-10-6-20(7-11-22)35-31(40)26-16-17-34-26;3-2(4,5)1(6)7/h2-15,26,34H,16-19H2,1H3,(H2,32,38)(H2,33,39)(H,35,40);(H,6,7)/t26-;/m1./s1. The van der Waals surface area contributed by atoms with E-state index in [0.717, 1.165) is 15.2 Å². The predicted molar refractivity (Wildman–Crippen MR) is 190 cm³/mol. The highest BCUT2D eigenvalue weighted by atomic mass is 32.2. The predicted octanol–water partition coefficient (Wildman–Crippen LogP) is 2.14. The van der Waals surface area contributed by atoms with E-state index in [-0.39, 0.29) is 43.9 Å². The van der Waals surface area contributed by atoms with Gasteiger partial charge in [-0.2, -0.15) is 13.2 Å². The molecule has 0 bridgehead atoms. The fourth-order valence-electron chi connectivity index (χ4n) is 5.04. The number of primary amides is 2. The quantitative estimate of drug-likeness (QED) is 0.131. The van der Waals surface area contributed by atoms with Crippen molar-refractivity contribution in [1.29, 1.82) is 0 Å². The summed E-state index contributed by atoms with van der Waals surface area (Å²) in [6.45, 7) is -0.727. The molecule has 1 fully saturated rings. The summed E-state index contributed by atoms with van der Waals surface area (Å²) in [6, 6.07) is 19.7. The van der Waals surface area contributed by atoms with E-state index in [9.17, 15) is 44.4 Å². The molecule has 21 heteroatoms. The molecule has 0 spiro atoms. The largest absolute Gasteiger partial charge is 0.497 e. The summed E-state index contributed by atoms with van der Waals surface area (Å²) in [5.41, 5.74) is 11.4. The summed E-state index contributed by atoms with van der Waals surface area (Å²) in [7, 11) is -7.37. The molecule has 3 amide bonds. The van der Waals surface area contributed by atoms with Gasteiger partial charge in [0, 0.05) is 16.5 Å². The minimum absolute atomic E-state index is 0.0254. The third-order valence-corrected chi connectivity index (χ3v) is 11.3. The number of hydrogen-bond acceptors (Lipinski definition) is 10. The van der Waals surface area contributed by atoms with Crippen LogP contribution in [0.1, 0.15) is 6.42 Å². The van der Waals surface area contributed by atoms with Gasteiger partial charge >= 0.3 is 12.1 Å². The van der Waals surface area contributed by atoms with Gasteiger partial charge in [-0.15, -0.1) is 0 Å². The van der Waals surface area contributed by atoms with Crippen molar-refractivity contribution < 1.29 is 59.0 Å². The number of rotatable bonds is 13. The lowest BCUT2D eigenvalue weighted by molar-refractivity contribution is -0.192. The van der Waals surface area contributed by atoms with Gasteiger partial charge < -0.3 is 31.9 Å². The van der Waals surface area contributed by atoms with E-state index < -0.39 is 57.1 Å². The molecule has 0 unspecified atom stereocenters. The van der Waals surface area contributed by atoms with Gasteiger partial charge in [0.1, 0.15) is 18.8 Å². The Kier molecular flexibility index (Phi) is 12.4. The van der Waals surface area contributed by atoms with Crippen molar-refractivity contribution >= 4 is 71.6 Å². The van der Waals surface area contributed by atoms with Gasteiger partial charge in [-0.3, -0.25) is 23.0 Å². The van der Waals surface area contributed by atoms with Crippen molar-refractivity contribution in [3.63, 3.8) is 0 Å². The first-order valence-corrected chi connectivity index (χ1v) is 18.4. The highest BCUT2D eigenvalue weighted by Crippen LogP contribution is 2.38. The van der Waals surface area contributed by atoms with E-state index in [4.69, 9.17) is 26.1 Å². The normalized spacial score (nSPS) is 14.1. The summed E-state index contributed by atoms with van der Waals surface area (Å²) >= 11 is 0. The van der Waals surface area contributed by atoms with Crippen LogP contribution in [0.15, 0.2) is 94.7 Å². The number of carboxylic acid groups (broad SMARTS) is 1. The highest BCUT2D eigenvalue weighted by Gasteiger charge is 2.38. The Morgan fingerprint density at radius 2 is 1.20 bits per heavy atom. The van der Waals surface area contributed by atoms with Gasteiger partial charge in [0.2, 0.25) is 17.7 Å². The van der Waals surface area contributed by atoms with Gasteiger partial charge in [0.25, 0.3) is 20.0 Å². The van der Waals surface area contributed by atoms with Crippen LogP contribution < -0.4 is 35.4 Å². The third-order valence-electron chi connectivity index (χ3n) is 7.75. The first kappa shape index (κ1) is 40.8. The number of methoxy groups -OCH3 is 1. The fourth-order valence-corrected chi connectivity index (χ4v) is 7.94. The van der Waals surface area contributed by atoms with Crippen LogP contribution in [-0.4, -0.2) is 84.6 Å². The zero-order valence-corrected chi connectivity index (χ0v) is 29.7. The second kappa shape index (κ2) is 16.4. The number of carbonyl (C=O) groups is 4. The smallest absolute Gasteiger partial charge is 0.490 e. The molecule has 0 aliphatic carbocycles. The maximum absolute atomic E-state index is 14.0. The zero-order valence-electron chi connectivity index (χ0n) is 28.1. The minimum atomic E-state index is -5.08. The number of nitrogens with two attached hydrogens (primary N) is 2. The molecule has 1 heterocycles. The molecule has 4 aromatic rings. The topological polar surface area (TPSA) is 249 Å². The van der Waals surface area contributed by atoms with Gasteiger partial charge in [0.05, 0.1) is 34.3 Å².